The quantitative estimate of drug-likeness (QED) is 0.823. The Morgan fingerprint density at radius 3 is 2.86 bits per heavy atom. The van der Waals surface area contributed by atoms with E-state index in [9.17, 15) is 9.90 Å². The summed E-state index contributed by atoms with van der Waals surface area (Å²) < 4.78 is 10.7. The lowest BCUT2D eigenvalue weighted by molar-refractivity contribution is -0.125. The molecule has 0 saturated heterocycles. The second kappa shape index (κ2) is 5.85. The third-order valence-electron chi connectivity index (χ3n) is 3.82. The molecule has 0 aromatic rings. The van der Waals surface area contributed by atoms with Crippen LogP contribution in [-0.2, 0) is 14.3 Å². The second-order valence-electron chi connectivity index (χ2n) is 5.37. The molecule has 2 aliphatic carbocycles. The Bertz CT molecular complexity index is 652. The number of fused-ring (bicyclic) bond motifs is 1. The Kier molecular flexibility index (Phi) is 3.90. The van der Waals surface area contributed by atoms with Crippen LogP contribution in [0.15, 0.2) is 58.7 Å². The average molecular weight is 301 g/mol. The molecule has 0 aromatic heterocycles. The predicted molar refractivity (Wildman–Crippen MR) is 81.6 cm³/mol. The minimum atomic E-state index is -1.20. The molecular weight excluding hydrogens is 282 g/mol. The van der Waals surface area contributed by atoms with Crippen molar-refractivity contribution in [2.24, 2.45) is 0 Å². The molecule has 22 heavy (non-hydrogen) atoms. The Hall–Kier alpha value is -2.27. The number of Topliss-reactive ketones (excluding diaryl/α,β-unsaturated/α-hetero) is 1. The highest BCUT2D eigenvalue weighted by Gasteiger charge is 2.34. The van der Waals surface area contributed by atoms with Crippen molar-refractivity contribution < 1.29 is 19.4 Å². The molecule has 2 atom stereocenters. The first kappa shape index (κ1) is 14.7. The van der Waals surface area contributed by atoms with Gasteiger partial charge in [0.2, 0.25) is 5.78 Å². The van der Waals surface area contributed by atoms with E-state index < -0.39 is 11.9 Å². The van der Waals surface area contributed by atoms with Gasteiger partial charge in [-0.05, 0) is 30.2 Å². The number of methoxy groups -OCH3 is 1. The maximum Gasteiger partial charge on any atom is 0.230 e. The van der Waals surface area contributed by atoms with Crippen molar-refractivity contribution >= 4 is 5.78 Å². The number of allylic oxidation sites excluding steroid dienone is 2. The summed E-state index contributed by atoms with van der Waals surface area (Å²) in [6.07, 6.45) is 8.90. The normalized spacial score (nSPS) is 26.3. The number of nitrogens with one attached hydrogen (secondary N) is 1. The summed E-state index contributed by atoms with van der Waals surface area (Å²) in [6, 6.07) is 0.00160. The average Bonchev–Trinajstić information content (AvgIpc) is 2.55. The molecule has 5 nitrogen and oxygen atoms in total. The van der Waals surface area contributed by atoms with E-state index in [0.717, 1.165) is 23.5 Å². The lowest BCUT2D eigenvalue weighted by Crippen LogP contribution is -2.39. The van der Waals surface area contributed by atoms with Gasteiger partial charge in [0.1, 0.15) is 11.9 Å². The third kappa shape index (κ3) is 2.48. The van der Waals surface area contributed by atoms with Crippen molar-refractivity contribution in [2.75, 3.05) is 13.7 Å². The Morgan fingerprint density at radius 2 is 2.14 bits per heavy atom. The summed E-state index contributed by atoms with van der Waals surface area (Å²) >= 11 is 0. The van der Waals surface area contributed by atoms with E-state index in [1.807, 2.05) is 31.2 Å². The van der Waals surface area contributed by atoms with Crippen molar-refractivity contribution in [3.8, 4) is 0 Å². The first-order chi connectivity index (χ1) is 10.6. The van der Waals surface area contributed by atoms with Crippen LogP contribution in [0.5, 0.6) is 0 Å². The standard InChI is InChI=1S/C17H19NO4/c1-3-6-22-15-9-14-12(16(19)17(15)20)8-10-7-11(21-2)4-5-13(10)18-14/h4-5,7-9,13,16,18-19H,3,6H2,1-2H3. The van der Waals surface area contributed by atoms with Crippen molar-refractivity contribution in [3.63, 3.8) is 0 Å². The monoisotopic (exact) mass is 301 g/mol. The van der Waals surface area contributed by atoms with E-state index >= 15 is 0 Å². The van der Waals surface area contributed by atoms with Gasteiger partial charge in [-0.2, -0.15) is 0 Å². The van der Waals surface area contributed by atoms with E-state index in [4.69, 9.17) is 9.47 Å². The van der Waals surface area contributed by atoms with Crippen molar-refractivity contribution in [3.05, 3.63) is 58.7 Å². The highest BCUT2D eigenvalue weighted by atomic mass is 16.5. The van der Waals surface area contributed by atoms with Gasteiger partial charge in [0.15, 0.2) is 5.76 Å². The number of carbonyl (C=O) groups excluding carboxylic acids is 1. The van der Waals surface area contributed by atoms with Gasteiger partial charge in [0, 0.05) is 17.3 Å². The summed E-state index contributed by atoms with van der Waals surface area (Å²) in [5, 5.41) is 13.6. The third-order valence-corrected chi connectivity index (χ3v) is 3.82. The predicted octanol–water partition coefficient (Wildman–Crippen LogP) is 1.49. The minimum absolute atomic E-state index is 0.00160. The van der Waals surface area contributed by atoms with Crippen LogP contribution in [-0.4, -0.2) is 36.8 Å². The van der Waals surface area contributed by atoms with Gasteiger partial charge in [-0.1, -0.05) is 13.0 Å². The van der Waals surface area contributed by atoms with Crippen LogP contribution in [0, 0.1) is 0 Å². The molecular formula is C17H19NO4. The first-order valence-electron chi connectivity index (χ1n) is 7.37. The topological polar surface area (TPSA) is 67.8 Å². The van der Waals surface area contributed by atoms with Crippen molar-refractivity contribution in [1.82, 2.24) is 5.32 Å². The molecule has 0 spiro atoms. The lowest BCUT2D eigenvalue weighted by atomic mass is 9.87. The maximum absolute atomic E-state index is 12.2. The van der Waals surface area contributed by atoms with Crippen LogP contribution >= 0.6 is 0 Å². The molecule has 2 unspecified atom stereocenters. The lowest BCUT2D eigenvalue weighted by Gasteiger charge is -2.32. The van der Waals surface area contributed by atoms with Crippen LogP contribution in [0.2, 0.25) is 0 Å². The van der Waals surface area contributed by atoms with Crippen molar-refractivity contribution in [1.29, 1.82) is 0 Å². The zero-order valence-corrected chi connectivity index (χ0v) is 12.6. The van der Waals surface area contributed by atoms with E-state index in [1.54, 1.807) is 13.2 Å². The Balaban J connectivity index is 1.95. The van der Waals surface area contributed by atoms with Gasteiger partial charge >= 0.3 is 0 Å². The van der Waals surface area contributed by atoms with Crippen LogP contribution in [0.25, 0.3) is 0 Å². The molecule has 1 heterocycles. The van der Waals surface area contributed by atoms with Gasteiger partial charge in [0.05, 0.1) is 19.8 Å². The van der Waals surface area contributed by atoms with Gasteiger partial charge in [-0.15, -0.1) is 0 Å². The van der Waals surface area contributed by atoms with Crippen LogP contribution in [0.4, 0.5) is 0 Å². The second-order valence-corrected chi connectivity index (χ2v) is 5.37. The fraction of sp³-hybridized carbons (Fsp3) is 0.353. The molecule has 3 aliphatic rings. The molecule has 5 heteroatoms. The number of ketones is 1. The van der Waals surface area contributed by atoms with Gasteiger partial charge in [0.25, 0.3) is 0 Å². The van der Waals surface area contributed by atoms with Crippen LogP contribution in [0.3, 0.4) is 0 Å². The van der Waals surface area contributed by atoms with E-state index in [-0.39, 0.29) is 11.8 Å². The number of aliphatic hydroxyl groups is 1. The number of rotatable bonds is 4. The van der Waals surface area contributed by atoms with E-state index in [1.165, 1.54) is 0 Å². The molecule has 2 N–H and O–H groups in total. The van der Waals surface area contributed by atoms with Gasteiger partial charge in [-0.25, -0.2) is 0 Å². The SMILES string of the molecule is CCCOC1=CC2=C(C=C3C=C(OC)C=CC3N2)C(O)C1=O. The molecule has 0 radical (unpaired) electrons. The van der Waals surface area contributed by atoms with E-state index in [0.29, 0.717) is 12.2 Å². The largest absolute Gasteiger partial charge is 0.497 e. The molecule has 3 rings (SSSR count). The Morgan fingerprint density at radius 1 is 1.32 bits per heavy atom. The fourth-order valence-electron chi connectivity index (χ4n) is 2.66. The zero-order chi connectivity index (χ0) is 15.7. The summed E-state index contributed by atoms with van der Waals surface area (Å²) in [5.41, 5.74) is 2.25. The summed E-state index contributed by atoms with van der Waals surface area (Å²) in [4.78, 5) is 12.2. The Labute approximate surface area is 129 Å². The maximum atomic E-state index is 12.2. The van der Waals surface area contributed by atoms with Gasteiger partial charge in [-0.3, -0.25) is 4.79 Å². The first-order valence-corrected chi connectivity index (χ1v) is 7.37. The van der Waals surface area contributed by atoms with Crippen LogP contribution < -0.4 is 5.32 Å². The number of hydrogen-bond donors (Lipinski definition) is 2. The zero-order valence-electron chi connectivity index (χ0n) is 12.6. The number of carbonyl (C=O) groups is 1. The molecule has 0 fully saturated rings. The molecule has 1 aliphatic heterocycles. The summed E-state index contributed by atoms with van der Waals surface area (Å²) in [6.45, 7) is 2.42. The summed E-state index contributed by atoms with van der Waals surface area (Å²) in [7, 11) is 1.61. The van der Waals surface area contributed by atoms with Crippen LogP contribution in [0.1, 0.15) is 13.3 Å². The molecule has 0 saturated carbocycles. The smallest absolute Gasteiger partial charge is 0.230 e. The number of aliphatic hydroxyl groups excluding tert-OH is 1. The minimum Gasteiger partial charge on any atom is -0.497 e. The summed E-state index contributed by atoms with van der Waals surface area (Å²) in [5.74, 6) is 0.560. The molecule has 0 amide bonds. The molecule has 0 aromatic carbocycles. The number of ether oxygens (including phenoxy) is 2. The molecule has 0 bridgehead atoms. The highest BCUT2D eigenvalue weighted by Crippen LogP contribution is 2.31. The van der Waals surface area contributed by atoms with Crippen molar-refractivity contribution in [2.45, 2.75) is 25.5 Å². The number of dihydropyridines is 1. The van der Waals surface area contributed by atoms with Gasteiger partial charge < -0.3 is 19.9 Å². The fourth-order valence-corrected chi connectivity index (χ4v) is 2.66. The number of hydrogen-bond acceptors (Lipinski definition) is 5. The molecule has 116 valence electrons. The van der Waals surface area contributed by atoms with E-state index in [2.05, 4.69) is 5.32 Å². The highest BCUT2D eigenvalue weighted by molar-refractivity contribution is 6.01.